The summed E-state index contributed by atoms with van der Waals surface area (Å²) in [4.78, 5) is 10.4. The topological polar surface area (TPSA) is 88.2 Å². The number of hydrogen-bond acceptors (Lipinski definition) is 5. The van der Waals surface area contributed by atoms with Crippen LogP contribution in [0.1, 0.15) is 27.2 Å². The Morgan fingerprint density at radius 3 is 2.76 bits per heavy atom. The molecule has 0 saturated heterocycles. The summed E-state index contributed by atoms with van der Waals surface area (Å²) in [7, 11) is 0. The highest BCUT2D eigenvalue weighted by Crippen LogP contribution is 2.27. The summed E-state index contributed by atoms with van der Waals surface area (Å²) in [6, 6.07) is 6.68. The van der Waals surface area contributed by atoms with Crippen LogP contribution in [0.4, 0.5) is 5.69 Å². The maximum Gasteiger partial charge on any atom is 0.274 e. The highest BCUT2D eigenvalue weighted by atomic mass is 79.9. The fourth-order valence-corrected chi connectivity index (χ4v) is 2.58. The number of nitrogens with zero attached hydrogens (tertiary/aromatic N) is 2. The Balaban J connectivity index is 2.82. The van der Waals surface area contributed by atoms with Gasteiger partial charge < -0.3 is 4.74 Å². The lowest BCUT2D eigenvalue weighted by Crippen LogP contribution is -2.44. The van der Waals surface area contributed by atoms with E-state index in [2.05, 4.69) is 27.3 Å². The number of rotatable bonds is 7. The zero-order chi connectivity index (χ0) is 16.0. The highest BCUT2D eigenvalue weighted by Gasteiger charge is 2.26. The summed E-state index contributed by atoms with van der Waals surface area (Å²) in [5.41, 5.74) is -0.729. The maximum absolute atomic E-state index is 10.8. The zero-order valence-corrected chi connectivity index (χ0v) is 13.8. The van der Waals surface area contributed by atoms with Crippen molar-refractivity contribution in [1.82, 2.24) is 5.32 Å². The predicted octanol–water partition coefficient (Wildman–Crippen LogP) is 3.41. The summed E-state index contributed by atoms with van der Waals surface area (Å²) >= 11 is 3.22. The first-order valence-electron chi connectivity index (χ1n) is 6.57. The Bertz CT molecular complexity index is 559. The van der Waals surface area contributed by atoms with E-state index in [0.717, 1.165) is 0 Å². The molecule has 0 spiro atoms. The van der Waals surface area contributed by atoms with Crippen molar-refractivity contribution in [2.24, 2.45) is 0 Å². The molecule has 7 heteroatoms. The van der Waals surface area contributed by atoms with Crippen LogP contribution in [-0.2, 0) is 0 Å². The van der Waals surface area contributed by atoms with Crippen molar-refractivity contribution >= 4 is 21.6 Å². The van der Waals surface area contributed by atoms with Crippen LogP contribution < -0.4 is 10.1 Å². The molecule has 0 amide bonds. The molecule has 2 atom stereocenters. The molecule has 114 valence electrons. The molecule has 0 heterocycles. The van der Waals surface area contributed by atoms with Crippen molar-refractivity contribution in [2.45, 2.75) is 38.8 Å². The molecule has 1 N–H and O–H groups in total. The lowest BCUT2D eigenvalue weighted by molar-refractivity contribution is -0.385. The average molecular weight is 356 g/mol. The first kappa shape index (κ1) is 17.4. The Morgan fingerprint density at radius 1 is 1.57 bits per heavy atom. The van der Waals surface area contributed by atoms with E-state index in [-0.39, 0.29) is 11.8 Å². The van der Waals surface area contributed by atoms with Gasteiger partial charge in [-0.25, -0.2) is 0 Å². The van der Waals surface area contributed by atoms with Gasteiger partial charge >= 0.3 is 0 Å². The largest absolute Gasteiger partial charge is 0.490 e. The minimum atomic E-state index is -0.688. The van der Waals surface area contributed by atoms with Gasteiger partial charge in [0.05, 0.1) is 23.2 Å². The fraction of sp³-hybridized carbons (Fsp3) is 0.500. The highest BCUT2D eigenvalue weighted by molar-refractivity contribution is 9.10. The molecule has 0 aromatic heterocycles. The van der Waals surface area contributed by atoms with Gasteiger partial charge in [-0.15, -0.1) is 0 Å². The fourth-order valence-electron chi connectivity index (χ4n) is 2.12. The third-order valence-corrected chi connectivity index (χ3v) is 3.37. The number of halogens is 1. The summed E-state index contributed by atoms with van der Waals surface area (Å²) < 4.78 is 6.28. The summed E-state index contributed by atoms with van der Waals surface area (Å²) in [6.45, 7) is 6.25. The van der Waals surface area contributed by atoms with Crippen molar-refractivity contribution in [3.8, 4) is 11.8 Å². The van der Waals surface area contributed by atoms with E-state index in [9.17, 15) is 15.4 Å². The molecule has 6 nitrogen and oxygen atoms in total. The molecular formula is C14H18BrN3O3. The van der Waals surface area contributed by atoms with Gasteiger partial charge in [0.1, 0.15) is 11.3 Å². The normalized spacial score (nSPS) is 14.8. The first-order chi connectivity index (χ1) is 9.79. The van der Waals surface area contributed by atoms with Crippen LogP contribution in [0.2, 0.25) is 0 Å². The molecule has 0 saturated carbocycles. The summed E-state index contributed by atoms with van der Waals surface area (Å²) in [5, 5.41) is 23.2. The van der Waals surface area contributed by atoms with Gasteiger partial charge in [0.25, 0.3) is 5.69 Å². The lowest BCUT2D eigenvalue weighted by atomic mass is 9.96. The lowest BCUT2D eigenvalue weighted by Gasteiger charge is -2.26. The smallest absolute Gasteiger partial charge is 0.274 e. The second-order valence-electron chi connectivity index (χ2n) is 5.01. The molecular weight excluding hydrogens is 338 g/mol. The number of nitrogens with one attached hydrogen (secondary N) is 1. The van der Waals surface area contributed by atoms with Crippen LogP contribution in [0.15, 0.2) is 22.7 Å². The second kappa shape index (κ2) is 7.38. The van der Waals surface area contributed by atoms with Crippen molar-refractivity contribution in [3.63, 3.8) is 0 Å². The maximum atomic E-state index is 10.8. The van der Waals surface area contributed by atoms with Gasteiger partial charge in [0, 0.05) is 17.0 Å². The Hall–Kier alpha value is -1.65. The number of hydrogen-bond donors (Lipinski definition) is 1. The number of nitro groups is 1. The number of nitriles is 1. The third kappa shape index (κ3) is 5.33. The van der Waals surface area contributed by atoms with Crippen LogP contribution >= 0.6 is 15.9 Å². The molecule has 0 aliphatic rings. The predicted molar refractivity (Wildman–Crippen MR) is 83.2 cm³/mol. The average Bonchev–Trinajstić information content (AvgIpc) is 2.37. The molecule has 2 unspecified atom stereocenters. The van der Waals surface area contributed by atoms with E-state index >= 15 is 0 Å². The van der Waals surface area contributed by atoms with Gasteiger partial charge in [-0.05, 0) is 26.5 Å². The quantitative estimate of drug-likeness (QED) is 0.597. The molecule has 0 bridgehead atoms. The molecule has 21 heavy (non-hydrogen) atoms. The van der Waals surface area contributed by atoms with E-state index in [1.807, 2.05) is 13.8 Å². The molecule has 0 aliphatic heterocycles. The molecule has 0 radical (unpaired) electrons. The van der Waals surface area contributed by atoms with E-state index in [1.54, 1.807) is 13.0 Å². The minimum Gasteiger partial charge on any atom is -0.490 e. The molecule has 1 aromatic rings. The van der Waals surface area contributed by atoms with Gasteiger partial charge in [0.15, 0.2) is 0 Å². The van der Waals surface area contributed by atoms with Crippen molar-refractivity contribution < 1.29 is 9.66 Å². The van der Waals surface area contributed by atoms with Gasteiger partial charge in [-0.3, -0.25) is 15.4 Å². The minimum absolute atomic E-state index is 0.0405. The first-order valence-corrected chi connectivity index (χ1v) is 7.37. The molecule has 0 fully saturated rings. The molecule has 1 rings (SSSR count). The second-order valence-corrected chi connectivity index (χ2v) is 5.92. The number of nitro benzene ring substituents is 1. The summed E-state index contributed by atoms with van der Waals surface area (Å²) in [5.74, 6) is 0.403. The monoisotopic (exact) mass is 355 g/mol. The van der Waals surface area contributed by atoms with Crippen molar-refractivity contribution in [1.29, 1.82) is 5.26 Å². The van der Waals surface area contributed by atoms with Crippen LogP contribution in [0.5, 0.6) is 5.75 Å². The SMILES string of the molecule is CCNC(C)(C#N)CC(C)Oc1cc(Br)cc([N+](=O)[O-])c1. The third-order valence-electron chi connectivity index (χ3n) is 2.91. The van der Waals surface area contributed by atoms with Crippen LogP contribution in [0, 0.1) is 21.4 Å². The Kier molecular flexibility index (Phi) is 6.12. The van der Waals surface area contributed by atoms with Crippen molar-refractivity contribution in [3.05, 3.63) is 32.8 Å². The van der Waals surface area contributed by atoms with Crippen LogP contribution in [-0.4, -0.2) is 23.1 Å². The van der Waals surface area contributed by atoms with Gasteiger partial charge in [-0.1, -0.05) is 22.9 Å². The van der Waals surface area contributed by atoms with Crippen LogP contribution in [0.3, 0.4) is 0 Å². The van der Waals surface area contributed by atoms with E-state index in [4.69, 9.17) is 4.74 Å². The Labute approximate surface area is 132 Å². The summed E-state index contributed by atoms with van der Waals surface area (Å²) in [6.07, 6.45) is 0.208. The molecule has 1 aromatic carbocycles. The number of benzene rings is 1. The van der Waals surface area contributed by atoms with E-state index < -0.39 is 10.5 Å². The molecule has 0 aliphatic carbocycles. The van der Waals surface area contributed by atoms with E-state index in [1.165, 1.54) is 12.1 Å². The Morgan fingerprint density at radius 2 is 2.24 bits per heavy atom. The standard InChI is InChI=1S/C14H18BrN3O3/c1-4-17-14(3,9-16)8-10(2)21-13-6-11(15)5-12(7-13)18(19)20/h5-7,10,17H,4,8H2,1-3H3. The number of non-ortho nitro benzene ring substituents is 1. The van der Waals surface area contributed by atoms with Gasteiger partial charge in [0.2, 0.25) is 0 Å². The van der Waals surface area contributed by atoms with E-state index in [0.29, 0.717) is 23.2 Å². The van der Waals surface area contributed by atoms with Crippen LogP contribution in [0.25, 0.3) is 0 Å². The zero-order valence-electron chi connectivity index (χ0n) is 12.2. The van der Waals surface area contributed by atoms with Crippen molar-refractivity contribution in [2.75, 3.05) is 6.54 Å². The number of ether oxygens (including phenoxy) is 1. The van der Waals surface area contributed by atoms with Gasteiger partial charge in [-0.2, -0.15) is 5.26 Å².